The summed E-state index contributed by atoms with van der Waals surface area (Å²) < 4.78 is 17.1. The molecule has 0 aromatic carbocycles. The minimum Gasteiger partial charge on any atom is -0.468 e. The SMILES string of the molecule is CCc1nc(C[S@](=O)c2ccoc2C)cs1. The molecule has 0 aliphatic rings. The maximum Gasteiger partial charge on any atom is 0.116 e. The molecule has 0 aliphatic heterocycles. The first-order valence-corrected chi connectivity index (χ1v) is 7.26. The highest BCUT2D eigenvalue weighted by Gasteiger charge is 2.12. The Labute approximate surface area is 101 Å². The molecule has 0 saturated carbocycles. The molecular formula is C11H13NO2S2. The Balaban J connectivity index is 2.11. The van der Waals surface area contributed by atoms with Crippen LogP contribution >= 0.6 is 11.3 Å². The number of aryl methyl sites for hydroxylation is 2. The number of furan rings is 1. The predicted molar refractivity (Wildman–Crippen MR) is 65.0 cm³/mol. The lowest BCUT2D eigenvalue weighted by Crippen LogP contribution is -1.97. The van der Waals surface area contributed by atoms with Gasteiger partial charge in [-0.25, -0.2) is 4.98 Å². The third-order valence-electron chi connectivity index (χ3n) is 2.24. The summed E-state index contributed by atoms with van der Waals surface area (Å²) in [5, 5.41) is 3.07. The average Bonchev–Trinajstić information content (AvgIpc) is 2.86. The third kappa shape index (κ3) is 2.41. The van der Waals surface area contributed by atoms with Crippen molar-refractivity contribution < 1.29 is 8.63 Å². The van der Waals surface area contributed by atoms with Crippen molar-refractivity contribution in [1.82, 2.24) is 4.98 Å². The van der Waals surface area contributed by atoms with Crippen LogP contribution in [0.5, 0.6) is 0 Å². The molecule has 2 aromatic heterocycles. The van der Waals surface area contributed by atoms with E-state index >= 15 is 0 Å². The number of hydrogen-bond acceptors (Lipinski definition) is 4. The van der Waals surface area contributed by atoms with Crippen molar-refractivity contribution in [3.8, 4) is 0 Å². The van der Waals surface area contributed by atoms with Gasteiger partial charge >= 0.3 is 0 Å². The zero-order chi connectivity index (χ0) is 11.5. The van der Waals surface area contributed by atoms with Crippen molar-refractivity contribution in [2.24, 2.45) is 0 Å². The number of rotatable bonds is 4. The van der Waals surface area contributed by atoms with Crippen LogP contribution in [0.2, 0.25) is 0 Å². The van der Waals surface area contributed by atoms with Crippen LogP contribution in [0, 0.1) is 6.92 Å². The Bertz CT molecular complexity index is 502. The molecule has 86 valence electrons. The minimum atomic E-state index is -1.05. The second-order valence-electron chi connectivity index (χ2n) is 3.42. The van der Waals surface area contributed by atoms with E-state index in [4.69, 9.17) is 4.42 Å². The van der Waals surface area contributed by atoms with Crippen LogP contribution in [-0.4, -0.2) is 9.19 Å². The Kier molecular flexibility index (Phi) is 3.56. The minimum absolute atomic E-state index is 0.469. The molecule has 16 heavy (non-hydrogen) atoms. The first-order chi connectivity index (χ1) is 7.70. The van der Waals surface area contributed by atoms with E-state index in [9.17, 15) is 4.21 Å². The van der Waals surface area contributed by atoms with Crippen molar-refractivity contribution in [3.05, 3.63) is 34.2 Å². The fourth-order valence-electron chi connectivity index (χ4n) is 1.40. The number of hydrogen-bond donors (Lipinski definition) is 0. The van der Waals surface area contributed by atoms with E-state index in [-0.39, 0.29) is 0 Å². The quantitative estimate of drug-likeness (QED) is 0.843. The highest BCUT2D eigenvalue weighted by atomic mass is 32.2. The number of aromatic nitrogens is 1. The zero-order valence-electron chi connectivity index (χ0n) is 9.23. The molecule has 1 atom stereocenters. The van der Waals surface area contributed by atoms with E-state index in [1.807, 2.05) is 12.3 Å². The van der Waals surface area contributed by atoms with Gasteiger partial charge in [-0.1, -0.05) is 6.92 Å². The molecule has 0 amide bonds. The first kappa shape index (κ1) is 11.5. The van der Waals surface area contributed by atoms with E-state index in [1.54, 1.807) is 23.7 Å². The highest BCUT2D eigenvalue weighted by molar-refractivity contribution is 7.84. The lowest BCUT2D eigenvalue weighted by Gasteiger charge is -1.97. The van der Waals surface area contributed by atoms with Crippen LogP contribution in [0.25, 0.3) is 0 Å². The molecule has 3 nitrogen and oxygen atoms in total. The monoisotopic (exact) mass is 255 g/mol. The predicted octanol–water partition coefficient (Wildman–Crippen LogP) is 2.91. The largest absolute Gasteiger partial charge is 0.468 e. The topological polar surface area (TPSA) is 43.1 Å². The van der Waals surface area contributed by atoms with E-state index in [1.165, 1.54) is 0 Å². The summed E-state index contributed by atoms with van der Waals surface area (Å²) in [7, 11) is -1.05. The standard InChI is InChI=1S/C11H13NO2S2/c1-3-11-12-9(6-15-11)7-16(13)10-4-5-14-8(10)2/h4-6H,3,7H2,1-2H3/t16-/m0/s1. The van der Waals surface area contributed by atoms with Gasteiger partial charge in [0.1, 0.15) is 5.76 Å². The van der Waals surface area contributed by atoms with Gasteiger partial charge in [0.2, 0.25) is 0 Å². The Morgan fingerprint density at radius 1 is 1.56 bits per heavy atom. The van der Waals surface area contributed by atoms with Crippen LogP contribution in [0.3, 0.4) is 0 Å². The summed E-state index contributed by atoms with van der Waals surface area (Å²) in [5.74, 6) is 1.20. The zero-order valence-corrected chi connectivity index (χ0v) is 10.9. The van der Waals surface area contributed by atoms with Gasteiger partial charge in [0.25, 0.3) is 0 Å². The van der Waals surface area contributed by atoms with Gasteiger partial charge in [-0.2, -0.15) is 0 Å². The summed E-state index contributed by atoms with van der Waals surface area (Å²) in [6.45, 7) is 3.89. The summed E-state index contributed by atoms with van der Waals surface area (Å²) >= 11 is 1.62. The summed E-state index contributed by atoms with van der Waals surface area (Å²) in [5.41, 5.74) is 0.904. The highest BCUT2D eigenvalue weighted by Crippen LogP contribution is 2.18. The van der Waals surface area contributed by atoms with E-state index in [0.29, 0.717) is 5.75 Å². The van der Waals surface area contributed by atoms with Crippen LogP contribution < -0.4 is 0 Å². The van der Waals surface area contributed by atoms with Crippen LogP contribution in [0.1, 0.15) is 23.4 Å². The van der Waals surface area contributed by atoms with Crippen LogP contribution in [0.4, 0.5) is 0 Å². The van der Waals surface area contributed by atoms with E-state index < -0.39 is 10.8 Å². The Morgan fingerprint density at radius 3 is 2.94 bits per heavy atom. The van der Waals surface area contributed by atoms with Crippen molar-refractivity contribution in [2.45, 2.75) is 30.9 Å². The van der Waals surface area contributed by atoms with Gasteiger partial charge in [-0.05, 0) is 19.4 Å². The molecule has 0 radical (unpaired) electrons. The average molecular weight is 255 g/mol. The summed E-state index contributed by atoms with van der Waals surface area (Å²) in [6, 6.07) is 1.76. The van der Waals surface area contributed by atoms with Gasteiger partial charge in [-0.3, -0.25) is 4.21 Å². The van der Waals surface area contributed by atoms with Gasteiger partial charge in [-0.15, -0.1) is 11.3 Å². The molecule has 0 aliphatic carbocycles. The smallest absolute Gasteiger partial charge is 0.116 e. The summed E-state index contributed by atoms with van der Waals surface area (Å²) in [6.07, 6.45) is 2.50. The third-order valence-corrected chi connectivity index (χ3v) is 4.75. The second-order valence-corrected chi connectivity index (χ2v) is 5.78. The lowest BCUT2D eigenvalue weighted by atomic mass is 10.5. The normalized spacial score (nSPS) is 12.9. The van der Waals surface area contributed by atoms with E-state index in [2.05, 4.69) is 11.9 Å². The van der Waals surface area contributed by atoms with Crippen molar-refractivity contribution >= 4 is 22.1 Å². The Hall–Kier alpha value is -0.940. The second kappa shape index (κ2) is 4.93. The molecule has 0 bridgehead atoms. The van der Waals surface area contributed by atoms with Gasteiger partial charge in [0.05, 0.1) is 38.4 Å². The van der Waals surface area contributed by atoms with Gasteiger partial charge < -0.3 is 4.42 Å². The molecule has 2 heterocycles. The fraction of sp³-hybridized carbons (Fsp3) is 0.364. The van der Waals surface area contributed by atoms with Gasteiger partial charge in [0.15, 0.2) is 0 Å². The molecule has 0 saturated heterocycles. The first-order valence-electron chi connectivity index (χ1n) is 5.06. The molecule has 0 spiro atoms. The maximum absolute atomic E-state index is 12.0. The van der Waals surface area contributed by atoms with Crippen molar-refractivity contribution in [3.63, 3.8) is 0 Å². The number of thiazole rings is 1. The van der Waals surface area contributed by atoms with Crippen LogP contribution in [-0.2, 0) is 23.0 Å². The number of nitrogens with zero attached hydrogens (tertiary/aromatic N) is 1. The van der Waals surface area contributed by atoms with Gasteiger partial charge in [0, 0.05) is 5.38 Å². The molecule has 2 aromatic rings. The van der Waals surface area contributed by atoms with Crippen LogP contribution in [0.15, 0.2) is 27.0 Å². The van der Waals surface area contributed by atoms with Crippen molar-refractivity contribution in [2.75, 3.05) is 0 Å². The lowest BCUT2D eigenvalue weighted by molar-refractivity contribution is 0.526. The molecule has 0 fully saturated rings. The molecular weight excluding hydrogens is 242 g/mol. The maximum atomic E-state index is 12.0. The molecule has 2 rings (SSSR count). The van der Waals surface area contributed by atoms with Crippen molar-refractivity contribution in [1.29, 1.82) is 0 Å². The fourth-order valence-corrected chi connectivity index (χ4v) is 3.40. The Morgan fingerprint density at radius 2 is 2.38 bits per heavy atom. The molecule has 0 unspecified atom stereocenters. The molecule has 0 N–H and O–H groups in total. The summed E-state index contributed by atoms with van der Waals surface area (Å²) in [4.78, 5) is 5.17. The van der Waals surface area contributed by atoms with E-state index in [0.717, 1.165) is 27.8 Å². The molecule has 5 heteroatoms.